The topological polar surface area (TPSA) is 188 Å². The fraction of sp³-hybridized carbons (Fsp3) is 0.389. The summed E-state index contributed by atoms with van der Waals surface area (Å²) in [4.78, 5) is 12.3. The van der Waals surface area contributed by atoms with Crippen molar-refractivity contribution in [1.29, 1.82) is 0 Å². The van der Waals surface area contributed by atoms with Crippen molar-refractivity contribution in [2.24, 2.45) is 10.2 Å². The number of aromatic hydroxyl groups is 1. The van der Waals surface area contributed by atoms with Crippen molar-refractivity contribution in [1.82, 2.24) is 4.57 Å². The van der Waals surface area contributed by atoms with E-state index in [4.69, 9.17) is 4.55 Å². The molecule has 0 amide bonds. The van der Waals surface area contributed by atoms with E-state index in [9.17, 15) is 31.3 Å². The highest BCUT2D eigenvalue weighted by molar-refractivity contribution is 7.86. The Kier molecular flexibility index (Phi) is 7.77. The van der Waals surface area contributed by atoms with Crippen LogP contribution in [0.5, 0.6) is 5.88 Å². The first-order chi connectivity index (χ1) is 14.8. The molecule has 0 radical (unpaired) electrons. The van der Waals surface area contributed by atoms with Gasteiger partial charge in [-0.05, 0) is 50.5 Å². The van der Waals surface area contributed by atoms with Crippen LogP contribution in [0.3, 0.4) is 0 Å². The first kappa shape index (κ1) is 25.5. The van der Waals surface area contributed by atoms with Crippen molar-refractivity contribution in [2.45, 2.75) is 38.1 Å². The van der Waals surface area contributed by atoms with E-state index in [1.165, 1.54) is 19.1 Å². The summed E-state index contributed by atoms with van der Waals surface area (Å²) in [6, 6.07) is 3.85. The van der Waals surface area contributed by atoms with Gasteiger partial charge in [0.05, 0.1) is 5.75 Å². The lowest BCUT2D eigenvalue weighted by Crippen LogP contribution is -2.21. The second-order valence-electron chi connectivity index (χ2n) is 6.82. The van der Waals surface area contributed by atoms with E-state index in [-0.39, 0.29) is 47.8 Å². The minimum absolute atomic E-state index is 0.0196. The third kappa shape index (κ3) is 5.91. The number of anilines is 1. The average Bonchev–Trinajstić information content (AvgIpc) is 2.69. The van der Waals surface area contributed by atoms with Gasteiger partial charge in [-0.1, -0.05) is 0 Å². The van der Waals surface area contributed by atoms with Crippen LogP contribution >= 0.6 is 0 Å². The lowest BCUT2D eigenvalue weighted by Gasteiger charge is -2.15. The van der Waals surface area contributed by atoms with Crippen LogP contribution in [0.1, 0.15) is 24.5 Å². The molecule has 0 unspecified atom stereocenters. The number of rotatable bonds is 9. The summed E-state index contributed by atoms with van der Waals surface area (Å²) in [5, 5.41) is 21.0. The van der Waals surface area contributed by atoms with Crippen LogP contribution in [0, 0.1) is 6.92 Å². The molecule has 0 saturated carbocycles. The number of nitrogens with one attached hydrogen (secondary N) is 1. The Morgan fingerprint density at radius 1 is 1.12 bits per heavy atom. The van der Waals surface area contributed by atoms with Gasteiger partial charge in [0, 0.05) is 24.8 Å². The average molecular weight is 489 g/mol. The Hall–Kier alpha value is -2.81. The molecule has 0 spiro atoms. The molecule has 2 rings (SSSR count). The highest BCUT2D eigenvalue weighted by atomic mass is 32.2. The van der Waals surface area contributed by atoms with Crippen LogP contribution in [-0.4, -0.2) is 48.4 Å². The molecule has 0 aliphatic rings. The van der Waals surface area contributed by atoms with Crippen molar-refractivity contribution in [3.05, 3.63) is 39.7 Å². The fourth-order valence-electron chi connectivity index (χ4n) is 3.07. The monoisotopic (exact) mass is 488 g/mol. The predicted octanol–water partition coefficient (Wildman–Crippen LogP) is 2.41. The highest BCUT2D eigenvalue weighted by Gasteiger charge is 2.20. The number of benzene rings is 1. The molecule has 0 bridgehead atoms. The van der Waals surface area contributed by atoms with E-state index < -0.39 is 36.4 Å². The molecule has 32 heavy (non-hydrogen) atoms. The van der Waals surface area contributed by atoms with E-state index >= 15 is 0 Å². The van der Waals surface area contributed by atoms with Gasteiger partial charge in [-0.3, -0.25) is 18.5 Å². The summed E-state index contributed by atoms with van der Waals surface area (Å²) in [5.74, 6) is -0.900. The fourth-order valence-corrected chi connectivity index (χ4v) is 4.19. The van der Waals surface area contributed by atoms with E-state index in [1.54, 1.807) is 14.0 Å². The van der Waals surface area contributed by atoms with Gasteiger partial charge in [0.1, 0.15) is 10.6 Å². The zero-order valence-corrected chi connectivity index (χ0v) is 19.2. The predicted molar refractivity (Wildman–Crippen MR) is 117 cm³/mol. The van der Waals surface area contributed by atoms with Crippen LogP contribution in [0.4, 0.5) is 17.1 Å². The van der Waals surface area contributed by atoms with Gasteiger partial charge in [-0.15, -0.1) is 10.2 Å². The Bertz CT molecular complexity index is 1320. The van der Waals surface area contributed by atoms with E-state index in [1.807, 2.05) is 0 Å². The Labute approximate surface area is 185 Å². The zero-order chi connectivity index (χ0) is 24.3. The second-order valence-corrected chi connectivity index (χ2v) is 9.78. The molecule has 12 nitrogen and oxygen atoms in total. The van der Waals surface area contributed by atoms with Crippen molar-refractivity contribution >= 4 is 37.3 Å². The molecular weight excluding hydrogens is 464 g/mol. The number of hydrogen-bond acceptors (Lipinski definition) is 9. The number of pyridine rings is 1. The quantitative estimate of drug-likeness (QED) is 0.303. The lowest BCUT2D eigenvalue weighted by atomic mass is 10.0. The van der Waals surface area contributed by atoms with Gasteiger partial charge in [0.15, 0.2) is 11.6 Å². The second kappa shape index (κ2) is 9.77. The molecule has 14 heteroatoms. The van der Waals surface area contributed by atoms with E-state index in [0.29, 0.717) is 5.69 Å². The van der Waals surface area contributed by atoms with E-state index in [0.717, 1.165) is 10.6 Å². The lowest BCUT2D eigenvalue weighted by molar-refractivity contribution is 0.403. The Morgan fingerprint density at radius 3 is 2.31 bits per heavy atom. The standard InChI is InChI=1S/C18H24N4O8S2/c1-4-22-17(23)13(6-5-9-31(25,26)27)11(2)16(18(22)24)21-20-14-10-12(19-3)7-8-15(14)32(28,29)30/h7-8,10,19,23H,4-6,9H2,1-3H3,(H,25,26,27)(H,28,29,30). The number of aromatic nitrogens is 1. The normalized spacial score (nSPS) is 12.4. The Morgan fingerprint density at radius 2 is 1.78 bits per heavy atom. The number of nitrogens with zero attached hydrogens (tertiary/aromatic N) is 3. The van der Waals surface area contributed by atoms with Crippen molar-refractivity contribution in [3.8, 4) is 5.88 Å². The zero-order valence-electron chi connectivity index (χ0n) is 17.6. The first-order valence-corrected chi connectivity index (χ1v) is 12.5. The minimum Gasteiger partial charge on any atom is -0.494 e. The molecule has 176 valence electrons. The molecule has 1 heterocycles. The van der Waals surface area contributed by atoms with Crippen LogP contribution in [0.15, 0.2) is 38.1 Å². The SMILES string of the molecule is CCn1c(O)c(CCCS(=O)(=O)O)c(C)c(N=Nc2cc(NC)ccc2S(=O)(=O)O)c1=O. The van der Waals surface area contributed by atoms with Gasteiger partial charge in [-0.25, -0.2) is 0 Å². The maximum Gasteiger partial charge on any atom is 0.296 e. The molecular formula is C18H24N4O8S2. The van der Waals surface area contributed by atoms with Crippen LogP contribution in [-0.2, 0) is 33.2 Å². The van der Waals surface area contributed by atoms with Crippen LogP contribution in [0.25, 0.3) is 0 Å². The van der Waals surface area contributed by atoms with Crippen LogP contribution in [0.2, 0.25) is 0 Å². The van der Waals surface area contributed by atoms with Gasteiger partial charge < -0.3 is 10.4 Å². The van der Waals surface area contributed by atoms with Gasteiger partial charge in [0.25, 0.3) is 25.8 Å². The molecule has 0 saturated heterocycles. The highest BCUT2D eigenvalue weighted by Crippen LogP contribution is 2.32. The molecule has 0 atom stereocenters. The molecule has 0 fully saturated rings. The molecule has 1 aromatic heterocycles. The van der Waals surface area contributed by atoms with Crippen molar-refractivity contribution < 1.29 is 31.0 Å². The third-order valence-corrected chi connectivity index (χ3v) is 6.42. The number of hydrogen-bond donors (Lipinski definition) is 4. The van der Waals surface area contributed by atoms with Crippen molar-refractivity contribution in [3.63, 3.8) is 0 Å². The largest absolute Gasteiger partial charge is 0.494 e. The van der Waals surface area contributed by atoms with Gasteiger partial charge in [-0.2, -0.15) is 16.8 Å². The van der Waals surface area contributed by atoms with Gasteiger partial charge >= 0.3 is 0 Å². The number of azo groups is 1. The summed E-state index contributed by atoms with van der Waals surface area (Å²) in [6.45, 7) is 3.16. The Balaban J connectivity index is 2.63. The summed E-state index contributed by atoms with van der Waals surface area (Å²) >= 11 is 0. The first-order valence-electron chi connectivity index (χ1n) is 9.41. The summed E-state index contributed by atoms with van der Waals surface area (Å²) in [7, 11) is -7.24. The summed E-state index contributed by atoms with van der Waals surface area (Å²) < 4.78 is 64.7. The molecule has 1 aromatic carbocycles. The van der Waals surface area contributed by atoms with Crippen molar-refractivity contribution in [2.75, 3.05) is 18.1 Å². The molecule has 4 N–H and O–H groups in total. The minimum atomic E-state index is -4.62. The maximum absolute atomic E-state index is 12.8. The molecule has 0 aliphatic heterocycles. The van der Waals surface area contributed by atoms with E-state index in [2.05, 4.69) is 15.5 Å². The van der Waals surface area contributed by atoms with Crippen LogP contribution < -0.4 is 10.9 Å². The summed E-state index contributed by atoms with van der Waals surface area (Å²) in [6.07, 6.45) is -0.00534. The summed E-state index contributed by atoms with van der Waals surface area (Å²) in [5.41, 5.74) is -0.170. The molecule has 2 aromatic rings. The smallest absolute Gasteiger partial charge is 0.296 e. The molecule has 0 aliphatic carbocycles. The maximum atomic E-state index is 12.8. The third-order valence-electron chi connectivity index (χ3n) is 4.71. The van der Waals surface area contributed by atoms with Gasteiger partial charge in [0.2, 0.25) is 0 Å².